The minimum absolute atomic E-state index is 0.0648. The molecule has 1 aliphatic rings. The summed E-state index contributed by atoms with van der Waals surface area (Å²) in [7, 11) is 3.31. The number of rotatable bonds is 1. The fourth-order valence-corrected chi connectivity index (χ4v) is 2.56. The summed E-state index contributed by atoms with van der Waals surface area (Å²) >= 11 is 0. The molecule has 1 aromatic heterocycles. The van der Waals surface area contributed by atoms with Crippen LogP contribution in [0.25, 0.3) is 10.9 Å². The van der Waals surface area contributed by atoms with Gasteiger partial charge in [-0.15, -0.1) is 0 Å². The number of aromatic nitrogens is 2. The van der Waals surface area contributed by atoms with Crippen LogP contribution in [0.15, 0.2) is 18.3 Å². The highest BCUT2D eigenvalue weighted by atomic mass is 16.5. The Balaban J connectivity index is 2.34. The SMILES string of the molecule is COC1(C)C(=O)N(C)c2cc3nc(C)ncc3cc21. The lowest BCUT2D eigenvalue weighted by atomic mass is 9.96. The van der Waals surface area contributed by atoms with Gasteiger partial charge in [0.05, 0.1) is 11.2 Å². The standard InChI is InChI=1S/C14H15N3O2/c1-8-15-7-9-5-10-12(6-11(9)16-8)17(3)13(18)14(10,2)19-4/h5-7H,1-4H3. The van der Waals surface area contributed by atoms with Gasteiger partial charge in [0, 0.05) is 31.3 Å². The smallest absolute Gasteiger partial charge is 0.263 e. The maximum atomic E-state index is 12.3. The molecule has 2 aromatic rings. The van der Waals surface area contributed by atoms with Gasteiger partial charge in [-0.3, -0.25) is 4.79 Å². The van der Waals surface area contributed by atoms with E-state index in [-0.39, 0.29) is 5.91 Å². The zero-order valence-electron chi connectivity index (χ0n) is 11.4. The van der Waals surface area contributed by atoms with E-state index < -0.39 is 5.60 Å². The second-order valence-electron chi connectivity index (χ2n) is 4.95. The highest BCUT2D eigenvalue weighted by molar-refractivity contribution is 6.08. The quantitative estimate of drug-likeness (QED) is 0.781. The van der Waals surface area contributed by atoms with Crippen molar-refractivity contribution in [3.8, 4) is 0 Å². The molecule has 0 fully saturated rings. The number of ether oxygens (including phenoxy) is 1. The summed E-state index contributed by atoms with van der Waals surface area (Å²) in [5, 5.41) is 0.913. The van der Waals surface area contributed by atoms with Gasteiger partial charge in [0.2, 0.25) is 0 Å². The zero-order valence-corrected chi connectivity index (χ0v) is 11.4. The maximum absolute atomic E-state index is 12.3. The average molecular weight is 257 g/mol. The number of amides is 1. The first-order chi connectivity index (χ1) is 8.97. The van der Waals surface area contributed by atoms with Crippen LogP contribution >= 0.6 is 0 Å². The Morgan fingerprint density at radius 3 is 2.79 bits per heavy atom. The topological polar surface area (TPSA) is 55.3 Å². The first-order valence-electron chi connectivity index (χ1n) is 6.08. The number of carbonyl (C=O) groups excluding carboxylic acids is 1. The summed E-state index contributed by atoms with van der Waals surface area (Å²) in [6.07, 6.45) is 1.77. The van der Waals surface area contributed by atoms with Gasteiger partial charge in [0.1, 0.15) is 5.82 Å². The van der Waals surface area contributed by atoms with Crippen molar-refractivity contribution in [3.63, 3.8) is 0 Å². The van der Waals surface area contributed by atoms with Crippen molar-refractivity contribution < 1.29 is 9.53 Å². The van der Waals surface area contributed by atoms with Gasteiger partial charge in [0.15, 0.2) is 5.60 Å². The van der Waals surface area contributed by atoms with Crippen LogP contribution < -0.4 is 4.90 Å². The number of nitrogens with zero attached hydrogens (tertiary/aromatic N) is 3. The Labute approximate surface area is 111 Å². The van der Waals surface area contributed by atoms with Crippen molar-refractivity contribution in [1.82, 2.24) is 9.97 Å². The number of fused-ring (bicyclic) bond motifs is 2. The third kappa shape index (κ3) is 1.48. The molecule has 0 N–H and O–H groups in total. The third-order valence-electron chi connectivity index (χ3n) is 3.81. The normalized spacial score (nSPS) is 22.1. The Kier molecular flexibility index (Phi) is 2.37. The molecule has 0 saturated carbocycles. The van der Waals surface area contributed by atoms with Crippen molar-refractivity contribution in [1.29, 1.82) is 0 Å². The second-order valence-corrected chi connectivity index (χ2v) is 4.95. The molecule has 19 heavy (non-hydrogen) atoms. The lowest BCUT2D eigenvalue weighted by molar-refractivity contribution is -0.137. The van der Waals surface area contributed by atoms with Crippen LogP contribution in [0.3, 0.4) is 0 Å². The molecule has 2 heterocycles. The molecule has 1 aliphatic heterocycles. The fraction of sp³-hybridized carbons (Fsp3) is 0.357. The average Bonchev–Trinajstić information content (AvgIpc) is 2.59. The van der Waals surface area contributed by atoms with Gasteiger partial charge >= 0.3 is 0 Å². The molecule has 0 radical (unpaired) electrons. The van der Waals surface area contributed by atoms with Gasteiger partial charge in [-0.2, -0.15) is 0 Å². The summed E-state index contributed by atoms with van der Waals surface area (Å²) < 4.78 is 5.45. The highest BCUT2D eigenvalue weighted by Gasteiger charge is 2.46. The van der Waals surface area contributed by atoms with E-state index in [1.54, 1.807) is 32.2 Å². The molecular weight excluding hydrogens is 242 g/mol. The van der Waals surface area contributed by atoms with Gasteiger partial charge in [-0.1, -0.05) is 0 Å². The van der Waals surface area contributed by atoms with Crippen LogP contribution in [0.2, 0.25) is 0 Å². The molecule has 5 nitrogen and oxygen atoms in total. The Morgan fingerprint density at radius 2 is 2.11 bits per heavy atom. The second kappa shape index (κ2) is 3.74. The molecule has 1 amide bonds. The molecule has 0 bridgehead atoms. The van der Waals surface area contributed by atoms with Gasteiger partial charge in [-0.05, 0) is 26.0 Å². The predicted octanol–water partition coefficient (Wildman–Crippen LogP) is 1.78. The minimum atomic E-state index is -0.927. The van der Waals surface area contributed by atoms with Crippen LogP contribution in [0.1, 0.15) is 18.3 Å². The number of aryl methyl sites for hydroxylation is 1. The molecule has 3 rings (SSSR count). The van der Waals surface area contributed by atoms with E-state index in [9.17, 15) is 4.79 Å². The molecule has 98 valence electrons. The largest absolute Gasteiger partial charge is 0.364 e. The first kappa shape index (κ1) is 12.0. The summed E-state index contributed by atoms with van der Waals surface area (Å²) in [5.41, 5.74) is 1.62. The molecule has 5 heteroatoms. The Bertz CT molecular complexity index is 698. The zero-order chi connectivity index (χ0) is 13.8. The van der Waals surface area contributed by atoms with Gasteiger partial charge in [0.25, 0.3) is 5.91 Å². The van der Waals surface area contributed by atoms with Gasteiger partial charge in [-0.25, -0.2) is 9.97 Å². The van der Waals surface area contributed by atoms with Crippen LogP contribution in [0, 0.1) is 6.92 Å². The third-order valence-corrected chi connectivity index (χ3v) is 3.81. The molecule has 0 spiro atoms. The number of benzene rings is 1. The first-order valence-corrected chi connectivity index (χ1v) is 6.08. The van der Waals surface area contributed by atoms with E-state index in [0.717, 1.165) is 22.2 Å². The van der Waals surface area contributed by atoms with E-state index in [0.29, 0.717) is 5.82 Å². The number of anilines is 1. The summed E-state index contributed by atoms with van der Waals surface area (Å²) in [6, 6.07) is 3.86. The number of hydrogen-bond acceptors (Lipinski definition) is 4. The lowest BCUT2D eigenvalue weighted by Crippen LogP contribution is -2.37. The summed E-state index contributed by atoms with van der Waals surface area (Å²) in [5.74, 6) is 0.652. The number of hydrogen-bond donors (Lipinski definition) is 0. The van der Waals surface area contributed by atoms with Crippen LogP contribution in [0.4, 0.5) is 5.69 Å². The summed E-state index contributed by atoms with van der Waals surface area (Å²) in [4.78, 5) is 22.5. The van der Waals surface area contributed by atoms with Crippen molar-refractivity contribution >= 4 is 22.5 Å². The minimum Gasteiger partial charge on any atom is -0.364 e. The maximum Gasteiger partial charge on any atom is 0.263 e. The molecule has 0 aliphatic carbocycles. The van der Waals surface area contributed by atoms with Crippen molar-refractivity contribution in [3.05, 3.63) is 29.7 Å². The van der Waals surface area contributed by atoms with E-state index in [4.69, 9.17) is 4.74 Å². The molecule has 0 saturated heterocycles. The Hall–Kier alpha value is -2.01. The van der Waals surface area contributed by atoms with Crippen LogP contribution in [-0.2, 0) is 15.1 Å². The molecule has 1 unspecified atom stereocenters. The van der Waals surface area contributed by atoms with Crippen molar-refractivity contribution in [2.75, 3.05) is 19.1 Å². The van der Waals surface area contributed by atoms with Crippen molar-refractivity contribution in [2.24, 2.45) is 0 Å². The van der Waals surface area contributed by atoms with Crippen molar-refractivity contribution in [2.45, 2.75) is 19.4 Å². The fourth-order valence-electron chi connectivity index (χ4n) is 2.56. The highest BCUT2D eigenvalue weighted by Crippen LogP contribution is 2.43. The summed E-state index contributed by atoms with van der Waals surface area (Å²) in [6.45, 7) is 3.64. The van der Waals surface area contributed by atoms with E-state index >= 15 is 0 Å². The van der Waals surface area contributed by atoms with E-state index in [1.165, 1.54) is 0 Å². The monoisotopic (exact) mass is 257 g/mol. The van der Waals surface area contributed by atoms with E-state index in [2.05, 4.69) is 9.97 Å². The number of carbonyl (C=O) groups is 1. The van der Waals surface area contributed by atoms with Crippen LogP contribution in [-0.4, -0.2) is 30.0 Å². The predicted molar refractivity (Wildman–Crippen MR) is 72.0 cm³/mol. The van der Waals surface area contributed by atoms with Gasteiger partial charge < -0.3 is 9.64 Å². The lowest BCUT2D eigenvalue weighted by Gasteiger charge is -2.21. The number of methoxy groups -OCH3 is 1. The van der Waals surface area contributed by atoms with E-state index in [1.807, 2.05) is 19.1 Å². The Morgan fingerprint density at radius 1 is 1.37 bits per heavy atom. The van der Waals surface area contributed by atoms with Crippen LogP contribution in [0.5, 0.6) is 0 Å². The molecule has 1 aromatic carbocycles. The molecular formula is C14H15N3O2. The molecule has 1 atom stereocenters. The number of likely N-dealkylation sites (N-methyl/N-ethyl adjacent to an activating group) is 1.